The van der Waals surface area contributed by atoms with Gasteiger partial charge in [0.15, 0.2) is 0 Å². The van der Waals surface area contributed by atoms with Crippen LogP contribution in [0.25, 0.3) is 0 Å². The summed E-state index contributed by atoms with van der Waals surface area (Å²) in [5.74, 6) is 0.536. The molecule has 1 aliphatic rings. The van der Waals surface area contributed by atoms with Gasteiger partial charge in [0.05, 0.1) is 12.9 Å². The molecular weight excluding hydrogens is 274 g/mol. The zero-order chi connectivity index (χ0) is 14.4. The molecule has 0 unspecified atom stereocenters. The Morgan fingerprint density at radius 1 is 1.30 bits per heavy atom. The summed E-state index contributed by atoms with van der Waals surface area (Å²) in [4.78, 5) is 2.45. The Labute approximate surface area is 121 Å². The molecule has 0 amide bonds. The third-order valence-electron chi connectivity index (χ3n) is 3.68. The van der Waals surface area contributed by atoms with Gasteiger partial charge in [-0.2, -0.15) is 8.42 Å². The van der Waals surface area contributed by atoms with E-state index in [0.717, 1.165) is 32.3 Å². The molecule has 4 nitrogen and oxygen atoms in total. The van der Waals surface area contributed by atoms with Gasteiger partial charge in [0.25, 0.3) is 10.1 Å². The number of likely N-dealkylation sites (tertiary alicyclic amines) is 1. The first-order chi connectivity index (χ1) is 9.53. The standard InChI is InChI=1S/C15H23NO3S/c1-20(17,18)19-11-9-15-8-5-10-16(13-15)12-14-6-3-2-4-7-14/h2-4,6-7,15H,5,8-13H2,1H3/t15-/m1/s1. The summed E-state index contributed by atoms with van der Waals surface area (Å²) >= 11 is 0. The summed E-state index contributed by atoms with van der Waals surface area (Å²) < 4.78 is 26.7. The van der Waals surface area contributed by atoms with Crippen molar-refractivity contribution >= 4 is 10.1 Å². The number of hydrogen-bond donors (Lipinski definition) is 0. The molecule has 1 aliphatic heterocycles. The van der Waals surface area contributed by atoms with Crippen LogP contribution in [0.1, 0.15) is 24.8 Å². The van der Waals surface area contributed by atoms with Gasteiger partial charge in [0.1, 0.15) is 0 Å². The topological polar surface area (TPSA) is 46.6 Å². The first kappa shape index (κ1) is 15.5. The summed E-state index contributed by atoms with van der Waals surface area (Å²) in [6.07, 6.45) is 4.27. The van der Waals surface area contributed by atoms with E-state index < -0.39 is 10.1 Å². The third kappa shape index (κ3) is 5.61. The molecule has 0 N–H and O–H groups in total. The van der Waals surface area contributed by atoms with Crippen LogP contribution in [0.4, 0.5) is 0 Å². The Morgan fingerprint density at radius 2 is 2.05 bits per heavy atom. The Kier molecular flexibility index (Phi) is 5.57. The Bertz CT molecular complexity index is 501. The van der Waals surface area contributed by atoms with Crippen LogP contribution in [0.5, 0.6) is 0 Å². The molecule has 0 spiro atoms. The van der Waals surface area contributed by atoms with E-state index in [9.17, 15) is 8.42 Å². The maximum Gasteiger partial charge on any atom is 0.264 e. The Balaban J connectivity index is 1.77. The highest BCUT2D eigenvalue weighted by atomic mass is 32.2. The zero-order valence-electron chi connectivity index (χ0n) is 12.0. The Morgan fingerprint density at radius 3 is 2.75 bits per heavy atom. The molecule has 1 fully saturated rings. The quantitative estimate of drug-likeness (QED) is 0.756. The van der Waals surface area contributed by atoms with Crippen molar-refractivity contribution in [3.8, 4) is 0 Å². The average Bonchev–Trinajstić information content (AvgIpc) is 2.39. The van der Waals surface area contributed by atoms with Crippen LogP contribution in [-0.4, -0.2) is 39.3 Å². The molecule has 0 bridgehead atoms. The van der Waals surface area contributed by atoms with Gasteiger partial charge in [0, 0.05) is 13.1 Å². The molecule has 0 aliphatic carbocycles. The largest absolute Gasteiger partial charge is 0.299 e. The molecule has 20 heavy (non-hydrogen) atoms. The normalized spacial score (nSPS) is 20.9. The van der Waals surface area contributed by atoms with Gasteiger partial charge in [-0.25, -0.2) is 0 Å². The van der Waals surface area contributed by atoms with Gasteiger partial charge in [0.2, 0.25) is 0 Å². The molecule has 2 rings (SSSR count). The van der Waals surface area contributed by atoms with E-state index in [1.165, 1.54) is 18.4 Å². The highest BCUT2D eigenvalue weighted by Gasteiger charge is 2.20. The van der Waals surface area contributed by atoms with E-state index in [1.807, 2.05) is 6.07 Å². The van der Waals surface area contributed by atoms with Crippen molar-refractivity contribution in [2.24, 2.45) is 5.92 Å². The van der Waals surface area contributed by atoms with E-state index in [0.29, 0.717) is 12.5 Å². The monoisotopic (exact) mass is 297 g/mol. The molecular formula is C15H23NO3S. The average molecular weight is 297 g/mol. The second-order valence-corrected chi connectivity index (χ2v) is 7.19. The van der Waals surface area contributed by atoms with Crippen LogP contribution in [0, 0.1) is 5.92 Å². The van der Waals surface area contributed by atoms with Crippen molar-refractivity contribution < 1.29 is 12.6 Å². The molecule has 0 saturated carbocycles. The summed E-state index contributed by atoms with van der Waals surface area (Å²) in [6.45, 7) is 3.44. The van der Waals surface area contributed by atoms with Crippen LogP contribution in [0.2, 0.25) is 0 Å². The van der Waals surface area contributed by atoms with Crippen LogP contribution in [-0.2, 0) is 20.8 Å². The van der Waals surface area contributed by atoms with Crippen molar-refractivity contribution in [1.29, 1.82) is 0 Å². The maximum absolute atomic E-state index is 10.9. The summed E-state index contributed by atoms with van der Waals surface area (Å²) in [5.41, 5.74) is 1.33. The lowest BCUT2D eigenvalue weighted by molar-refractivity contribution is 0.148. The van der Waals surface area contributed by atoms with E-state index in [2.05, 4.69) is 29.2 Å². The number of benzene rings is 1. The zero-order valence-corrected chi connectivity index (χ0v) is 12.8. The highest BCUT2D eigenvalue weighted by Crippen LogP contribution is 2.21. The number of nitrogens with zero attached hydrogens (tertiary/aromatic N) is 1. The number of piperidine rings is 1. The second kappa shape index (κ2) is 7.20. The van der Waals surface area contributed by atoms with Crippen LogP contribution in [0.15, 0.2) is 30.3 Å². The molecule has 0 radical (unpaired) electrons. The minimum absolute atomic E-state index is 0.308. The number of hydrogen-bond acceptors (Lipinski definition) is 4. The lowest BCUT2D eigenvalue weighted by atomic mass is 9.95. The van der Waals surface area contributed by atoms with E-state index in [1.54, 1.807) is 0 Å². The fraction of sp³-hybridized carbons (Fsp3) is 0.600. The number of rotatable bonds is 6. The van der Waals surface area contributed by atoms with Crippen LogP contribution in [0.3, 0.4) is 0 Å². The molecule has 0 aromatic heterocycles. The minimum atomic E-state index is -3.30. The van der Waals surface area contributed by atoms with Crippen molar-refractivity contribution in [2.45, 2.75) is 25.8 Å². The molecule has 1 heterocycles. The van der Waals surface area contributed by atoms with Crippen molar-refractivity contribution in [2.75, 3.05) is 26.0 Å². The fourth-order valence-electron chi connectivity index (χ4n) is 2.74. The first-order valence-corrected chi connectivity index (χ1v) is 8.95. The maximum atomic E-state index is 10.9. The van der Waals surface area contributed by atoms with Gasteiger partial charge in [-0.15, -0.1) is 0 Å². The van der Waals surface area contributed by atoms with Gasteiger partial charge in [-0.1, -0.05) is 30.3 Å². The smallest absolute Gasteiger partial charge is 0.264 e. The lowest BCUT2D eigenvalue weighted by Gasteiger charge is -2.32. The van der Waals surface area contributed by atoms with E-state index in [-0.39, 0.29) is 0 Å². The third-order valence-corrected chi connectivity index (χ3v) is 4.27. The lowest BCUT2D eigenvalue weighted by Crippen LogP contribution is -2.35. The van der Waals surface area contributed by atoms with E-state index in [4.69, 9.17) is 4.18 Å². The molecule has 1 aromatic carbocycles. The summed E-state index contributed by atoms with van der Waals surface area (Å²) in [5, 5.41) is 0. The molecule has 112 valence electrons. The highest BCUT2D eigenvalue weighted by molar-refractivity contribution is 7.85. The van der Waals surface area contributed by atoms with Gasteiger partial charge >= 0.3 is 0 Å². The van der Waals surface area contributed by atoms with E-state index >= 15 is 0 Å². The molecule has 1 saturated heterocycles. The minimum Gasteiger partial charge on any atom is -0.299 e. The van der Waals surface area contributed by atoms with Gasteiger partial charge in [-0.3, -0.25) is 9.08 Å². The van der Waals surface area contributed by atoms with Crippen molar-refractivity contribution in [1.82, 2.24) is 4.90 Å². The Hall–Kier alpha value is -0.910. The van der Waals surface area contributed by atoms with Crippen LogP contribution >= 0.6 is 0 Å². The van der Waals surface area contributed by atoms with Gasteiger partial charge in [-0.05, 0) is 37.3 Å². The fourth-order valence-corrected chi connectivity index (χ4v) is 3.14. The second-order valence-electron chi connectivity index (χ2n) is 5.54. The molecule has 1 atom stereocenters. The van der Waals surface area contributed by atoms with Crippen molar-refractivity contribution in [3.63, 3.8) is 0 Å². The van der Waals surface area contributed by atoms with Crippen molar-refractivity contribution in [3.05, 3.63) is 35.9 Å². The summed E-state index contributed by atoms with van der Waals surface area (Å²) in [6, 6.07) is 10.5. The predicted octanol–water partition coefficient (Wildman–Crippen LogP) is 2.26. The SMILES string of the molecule is CS(=O)(=O)OCC[C@H]1CCCN(Cc2ccccc2)C1. The molecule has 1 aromatic rings. The summed E-state index contributed by atoms with van der Waals surface area (Å²) in [7, 11) is -3.30. The van der Waals surface area contributed by atoms with Crippen LogP contribution < -0.4 is 0 Å². The first-order valence-electron chi connectivity index (χ1n) is 7.13. The van der Waals surface area contributed by atoms with Gasteiger partial charge < -0.3 is 0 Å². The predicted molar refractivity (Wildman–Crippen MR) is 79.9 cm³/mol. The molecule has 5 heteroatoms.